The van der Waals surface area contributed by atoms with Crippen molar-refractivity contribution in [1.29, 1.82) is 0 Å². The third-order valence-electron chi connectivity index (χ3n) is 2.41. The first-order chi connectivity index (χ1) is 7.95. The molecule has 4 nitrogen and oxygen atoms in total. The summed E-state index contributed by atoms with van der Waals surface area (Å²) in [7, 11) is 0. The monoisotopic (exact) mass is 299 g/mol. The van der Waals surface area contributed by atoms with Crippen LogP contribution in [0.4, 0.5) is 0 Å². The van der Waals surface area contributed by atoms with Crippen LogP contribution in [0.25, 0.3) is 0 Å². The van der Waals surface area contributed by atoms with Gasteiger partial charge in [-0.3, -0.25) is 9.59 Å². The van der Waals surface area contributed by atoms with Crippen LogP contribution < -0.4 is 0 Å². The zero-order valence-electron chi connectivity index (χ0n) is 9.74. The van der Waals surface area contributed by atoms with Crippen LogP contribution in [0.2, 0.25) is 0 Å². The number of likely N-dealkylation sites (N-methyl/N-ethyl adjacent to an activating group) is 1. The first-order valence-corrected chi connectivity index (χ1v) is 6.02. The van der Waals surface area contributed by atoms with Crippen molar-refractivity contribution in [3.05, 3.63) is 33.8 Å². The van der Waals surface area contributed by atoms with E-state index in [0.717, 1.165) is 10.0 Å². The molecule has 0 radical (unpaired) electrons. The second-order valence-electron chi connectivity index (χ2n) is 3.68. The summed E-state index contributed by atoms with van der Waals surface area (Å²) in [5, 5.41) is 8.71. The first kappa shape index (κ1) is 13.7. The van der Waals surface area contributed by atoms with Crippen molar-refractivity contribution in [1.82, 2.24) is 4.90 Å². The van der Waals surface area contributed by atoms with Gasteiger partial charge in [0.2, 0.25) is 0 Å². The maximum Gasteiger partial charge on any atom is 0.323 e. The van der Waals surface area contributed by atoms with Crippen LogP contribution in [0.3, 0.4) is 0 Å². The molecule has 92 valence electrons. The number of carbonyl (C=O) groups excluding carboxylic acids is 1. The Balaban J connectivity index is 2.93. The van der Waals surface area contributed by atoms with Crippen molar-refractivity contribution < 1.29 is 14.7 Å². The topological polar surface area (TPSA) is 57.6 Å². The smallest absolute Gasteiger partial charge is 0.323 e. The lowest BCUT2D eigenvalue weighted by molar-refractivity contribution is -0.137. The molecule has 1 amide bonds. The fourth-order valence-electron chi connectivity index (χ4n) is 1.40. The summed E-state index contributed by atoms with van der Waals surface area (Å²) in [6.07, 6.45) is 0. The second kappa shape index (κ2) is 5.82. The van der Waals surface area contributed by atoms with Gasteiger partial charge in [-0.15, -0.1) is 0 Å². The number of carboxylic acid groups (broad SMARTS) is 1. The molecular weight excluding hydrogens is 286 g/mol. The van der Waals surface area contributed by atoms with Crippen LogP contribution in [-0.2, 0) is 4.79 Å². The molecule has 1 N–H and O–H groups in total. The Labute approximate surface area is 108 Å². The molecule has 0 saturated carbocycles. The van der Waals surface area contributed by atoms with Crippen LogP contribution in [-0.4, -0.2) is 35.0 Å². The number of carbonyl (C=O) groups is 2. The van der Waals surface area contributed by atoms with Crippen LogP contribution in [0.5, 0.6) is 0 Å². The minimum absolute atomic E-state index is 0.268. The highest BCUT2D eigenvalue weighted by Gasteiger charge is 2.17. The molecule has 0 heterocycles. The average Bonchev–Trinajstić information content (AvgIpc) is 2.28. The Bertz CT molecular complexity index is 445. The number of hydrogen-bond donors (Lipinski definition) is 1. The molecule has 0 atom stereocenters. The van der Waals surface area contributed by atoms with E-state index in [-0.39, 0.29) is 12.5 Å². The molecular formula is C12H14BrNO3. The number of halogens is 1. The maximum absolute atomic E-state index is 12.0. The lowest BCUT2D eigenvalue weighted by Crippen LogP contribution is -2.35. The zero-order chi connectivity index (χ0) is 13.0. The van der Waals surface area contributed by atoms with E-state index in [1.807, 2.05) is 13.0 Å². The van der Waals surface area contributed by atoms with Gasteiger partial charge in [-0.05, 0) is 31.5 Å². The first-order valence-electron chi connectivity index (χ1n) is 5.23. The van der Waals surface area contributed by atoms with E-state index in [1.54, 1.807) is 19.1 Å². The third-order valence-corrected chi connectivity index (χ3v) is 3.27. The Morgan fingerprint density at radius 1 is 1.41 bits per heavy atom. The van der Waals surface area contributed by atoms with Gasteiger partial charge in [0.1, 0.15) is 6.54 Å². The fourth-order valence-corrected chi connectivity index (χ4v) is 1.78. The Morgan fingerprint density at radius 2 is 2.06 bits per heavy atom. The highest BCUT2D eigenvalue weighted by molar-refractivity contribution is 9.10. The number of hydrogen-bond acceptors (Lipinski definition) is 2. The molecule has 1 aromatic carbocycles. The highest BCUT2D eigenvalue weighted by atomic mass is 79.9. The summed E-state index contributed by atoms with van der Waals surface area (Å²) in [4.78, 5) is 23.9. The van der Waals surface area contributed by atoms with E-state index in [9.17, 15) is 9.59 Å². The predicted molar refractivity (Wildman–Crippen MR) is 68.1 cm³/mol. The van der Waals surface area contributed by atoms with Gasteiger partial charge in [0.15, 0.2) is 0 Å². The van der Waals surface area contributed by atoms with Gasteiger partial charge in [0.05, 0.1) is 0 Å². The molecule has 0 aliphatic carbocycles. The Hall–Kier alpha value is -1.36. The van der Waals surface area contributed by atoms with Crippen LogP contribution >= 0.6 is 15.9 Å². The molecule has 17 heavy (non-hydrogen) atoms. The maximum atomic E-state index is 12.0. The number of nitrogens with zero attached hydrogens (tertiary/aromatic N) is 1. The normalized spacial score (nSPS) is 10.1. The van der Waals surface area contributed by atoms with Crippen molar-refractivity contribution in [2.24, 2.45) is 0 Å². The molecule has 0 spiro atoms. The van der Waals surface area contributed by atoms with Crippen molar-refractivity contribution in [3.8, 4) is 0 Å². The Morgan fingerprint density at radius 3 is 2.53 bits per heavy atom. The number of aliphatic carboxylic acids is 1. The van der Waals surface area contributed by atoms with Gasteiger partial charge in [-0.2, -0.15) is 0 Å². The van der Waals surface area contributed by atoms with Gasteiger partial charge in [-0.1, -0.05) is 22.0 Å². The molecule has 0 aliphatic rings. The molecule has 0 fully saturated rings. The van der Waals surface area contributed by atoms with E-state index in [4.69, 9.17) is 5.11 Å². The lowest BCUT2D eigenvalue weighted by atomic mass is 10.1. The molecule has 0 unspecified atom stereocenters. The number of benzene rings is 1. The zero-order valence-corrected chi connectivity index (χ0v) is 11.3. The van der Waals surface area contributed by atoms with E-state index < -0.39 is 5.97 Å². The molecule has 0 saturated heterocycles. The second-order valence-corrected chi connectivity index (χ2v) is 4.53. The molecule has 0 aromatic heterocycles. The predicted octanol–water partition coefficient (Wildman–Crippen LogP) is 2.30. The standard InChI is InChI=1S/C12H14BrNO3/c1-3-14(7-11(15)16)12(17)9-5-4-8(2)10(13)6-9/h4-6H,3,7H2,1-2H3,(H,15,16). The molecule has 0 bridgehead atoms. The van der Waals surface area contributed by atoms with E-state index >= 15 is 0 Å². The summed E-state index contributed by atoms with van der Waals surface area (Å²) in [5.41, 5.74) is 1.52. The van der Waals surface area contributed by atoms with Crippen molar-refractivity contribution in [3.63, 3.8) is 0 Å². The summed E-state index contributed by atoms with van der Waals surface area (Å²) in [5.74, 6) is -1.28. The number of amides is 1. The van der Waals surface area contributed by atoms with Crippen molar-refractivity contribution >= 4 is 27.8 Å². The van der Waals surface area contributed by atoms with E-state index in [0.29, 0.717) is 12.1 Å². The van der Waals surface area contributed by atoms with E-state index in [2.05, 4.69) is 15.9 Å². The lowest BCUT2D eigenvalue weighted by Gasteiger charge is -2.18. The van der Waals surface area contributed by atoms with Crippen molar-refractivity contribution in [2.75, 3.05) is 13.1 Å². The Kier molecular flexibility index (Phi) is 4.69. The van der Waals surface area contributed by atoms with Crippen LogP contribution in [0.1, 0.15) is 22.8 Å². The summed E-state index contributed by atoms with van der Waals surface area (Å²) < 4.78 is 0.842. The quantitative estimate of drug-likeness (QED) is 0.928. The molecule has 5 heteroatoms. The molecule has 0 aliphatic heterocycles. The highest BCUT2D eigenvalue weighted by Crippen LogP contribution is 2.18. The summed E-state index contributed by atoms with van der Waals surface area (Å²) >= 11 is 3.35. The van der Waals surface area contributed by atoms with Gasteiger partial charge >= 0.3 is 5.97 Å². The largest absolute Gasteiger partial charge is 0.480 e. The number of carboxylic acids is 1. The number of rotatable bonds is 4. The minimum atomic E-state index is -1.01. The number of aryl methyl sites for hydroxylation is 1. The minimum Gasteiger partial charge on any atom is -0.480 e. The van der Waals surface area contributed by atoms with Crippen LogP contribution in [0.15, 0.2) is 22.7 Å². The molecule has 1 aromatic rings. The van der Waals surface area contributed by atoms with Gasteiger partial charge in [0, 0.05) is 16.6 Å². The van der Waals surface area contributed by atoms with Gasteiger partial charge < -0.3 is 10.0 Å². The van der Waals surface area contributed by atoms with Gasteiger partial charge in [-0.25, -0.2) is 0 Å². The van der Waals surface area contributed by atoms with E-state index in [1.165, 1.54) is 4.90 Å². The molecule has 1 rings (SSSR count). The summed E-state index contributed by atoms with van der Waals surface area (Å²) in [6, 6.07) is 5.24. The SMILES string of the molecule is CCN(CC(=O)O)C(=O)c1ccc(C)c(Br)c1. The summed E-state index contributed by atoms with van der Waals surface area (Å²) in [6.45, 7) is 3.77. The van der Waals surface area contributed by atoms with Gasteiger partial charge in [0.25, 0.3) is 5.91 Å². The average molecular weight is 300 g/mol. The fraction of sp³-hybridized carbons (Fsp3) is 0.333. The van der Waals surface area contributed by atoms with Crippen molar-refractivity contribution in [2.45, 2.75) is 13.8 Å². The third kappa shape index (κ3) is 3.56. The van der Waals surface area contributed by atoms with Crippen LogP contribution in [0, 0.1) is 6.92 Å².